The van der Waals surface area contributed by atoms with Crippen LogP contribution in [0.1, 0.15) is 49.2 Å². The standard InChI is InChI=1S/C39H46N6O5/c1-5-44(6-2)29-21-30-25-50-34-16-10-13-27-17-18-32(41-37(27)34)39(49)43(4)33(19-20-35(46)42(3)24-36(47)45(30)23-29)38(48)40-22-28-14-9-12-26-11-7-8-15-31(26)28/h7-18,29-30,33H,5-6,19-25H2,1-4H3,(H,40,48)/t29-,30-,33-/m0/s1. The minimum Gasteiger partial charge on any atom is -0.489 e. The van der Waals surface area contributed by atoms with E-state index in [1.54, 1.807) is 20.2 Å². The number of nitrogens with one attached hydrogen (secondary N) is 1. The lowest BCUT2D eigenvalue weighted by Gasteiger charge is -2.29. The summed E-state index contributed by atoms with van der Waals surface area (Å²) < 4.78 is 6.38. The number of hydrogen-bond acceptors (Lipinski definition) is 7. The quantitative estimate of drug-likeness (QED) is 0.327. The number of hydrogen-bond donors (Lipinski definition) is 1. The maximum atomic E-state index is 14.0. The van der Waals surface area contributed by atoms with Crippen LogP contribution in [0.5, 0.6) is 5.75 Å². The van der Waals surface area contributed by atoms with E-state index in [4.69, 9.17) is 9.72 Å². The van der Waals surface area contributed by atoms with Gasteiger partial charge in [0.25, 0.3) is 5.91 Å². The Morgan fingerprint density at radius 1 is 0.920 bits per heavy atom. The Morgan fingerprint density at radius 2 is 1.66 bits per heavy atom. The second-order valence-electron chi connectivity index (χ2n) is 13.2. The van der Waals surface area contributed by atoms with Gasteiger partial charge in [-0.2, -0.15) is 0 Å². The first kappa shape index (κ1) is 34.8. The van der Waals surface area contributed by atoms with Crippen LogP contribution >= 0.6 is 0 Å². The molecule has 4 amide bonds. The summed E-state index contributed by atoms with van der Waals surface area (Å²) in [5, 5.41) is 5.90. The molecule has 11 nitrogen and oxygen atoms in total. The van der Waals surface area contributed by atoms with E-state index in [9.17, 15) is 19.2 Å². The molecule has 0 unspecified atom stereocenters. The molecule has 2 aliphatic heterocycles. The molecule has 1 aromatic heterocycles. The lowest BCUT2D eigenvalue weighted by molar-refractivity contribution is -0.140. The normalized spacial score (nSPS) is 20.8. The lowest BCUT2D eigenvalue weighted by atomic mass is 10.0. The molecule has 1 N–H and O–H groups in total. The third kappa shape index (κ3) is 7.28. The van der Waals surface area contributed by atoms with E-state index in [0.717, 1.165) is 41.2 Å². The zero-order valence-electron chi connectivity index (χ0n) is 29.3. The van der Waals surface area contributed by atoms with Gasteiger partial charge in [-0.15, -0.1) is 0 Å². The summed E-state index contributed by atoms with van der Waals surface area (Å²) >= 11 is 0. The van der Waals surface area contributed by atoms with Crippen molar-refractivity contribution in [1.82, 2.24) is 29.9 Å². The van der Waals surface area contributed by atoms with Crippen LogP contribution in [0.3, 0.4) is 0 Å². The van der Waals surface area contributed by atoms with Crippen molar-refractivity contribution in [3.05, 3.63) is 84.1 Å². The Kier molecular flexibility index (Phi) is 10.6. The Bertz CT molecular complexity index is 1890. The van der Waals surface area contributed by atoms with E-state index in [1.807, 2.05) is 71.6 Å². The van der Waals surface area contributed by atoms with Crippen molar-refractivity contribution < 1.29 is 23.9 Å². The van der Waals surface area contributed by atoms with E-state index in [0.29, 0.717) is 17.8 Å². The van der Waals surface area contributed by atoms with Gasteiger partial charge >= 0.3 is 0 Å². The molecule has 1 fully saturated rings. The third-order valence-electron chi connectivity index (χ3n) is 10.2. The molecule has 11 heteroatoms. The average Bonchev–Trinajstić information content (AvgIpc) is 3.56. The minimum absolute atomic E-state index is 0.0301. The molecule has 4 aromatic rings. The summed E-state index contributed by atoms with van der Waals surface area (Å²) in [4.78, 5) is 66.8. The van der Waals surface area contributed by atoms with Gasteiger partial charge < -0.3 is 24.8 Å². The molecular weight excluding hydrogens is 632 g/mol. The number of para-hydroxylation sites is 1. The topological polar surface area (TPSA) is 115 Å². The van der Waals surface area contributed by atoms with Gasteiger partial charge in [0.15, 0.2) is 0 Å². The van der Waals surface area contributed by atoms with Gasteiger partial charge in [-0.1, -0.05) is 74.5 Å². The lowest BCUT2D eigenvalue weighted by Crippen LogP contribution is -2.48. The number of carbonyl (C=O) groups excluding carboxylic acids is 4. The van der Waals surface area contributed by atoms with Crippen LogP contribution in [0.4, 0.5) is 0 Å². The number of nitrogens with zero attached hydrogens (tertiary/aromatic N) is 5. The fourth-order valence-electron chi connectivity index (χ4n) is 7.30. The van der Waals surface area contributed by atoms with Crippen LogP contribution in [0.2, 0.25) is 0 Å². The van der Waals surface area contributed by atoms with Crippen molar-refractivity contribution in [2.24, 2.45) is 0 Å². The Hall–Kier alpha value is -5.03. The molecule has 6 rings (SSSR count). The predicted molar refractivity (Wildman–Crippen MR) is 193 cm³/mol. The Balaban J connectivity index is 1.31. The molecule has 0 aliphatic carbocycles. The smallest absolute Gasteiger partial charge is 0.272 e. The van der Waals surface area contributed by atoms with Crippen molar-refractivity contribution in [2.45, 2.75) is 57.8 Å². The first-order chi connectivity index (χ1) is 24.2. The first-order valence-electron chi connectivity index (χ1n) is 17.5. The van der Waals surface area contributed by atoms with Crippen molar-refractivity contribution in [2.75, 3.05) is 46.9 Å². The maximum Gasteiger partial charge on any atom is 0.272 e. The highest BCUT2D eigenvalue weighted by molar-refractivity contribution is 5.99. The molecule has 3 heterocycles. The number of rotatable bonds is 6. The molecule has 3 aromatic carbocycles. The van der Waals surface area contributed by atoms with E-state index < -0.39 is 11.9 Å². The SMILES string of the molecule is CCN(CC)[C@H]1C[C@H]2COc3cccc4ccc(nc34)C(=O)N(C)[C@H](C(=O)NCc3cccc4ccccc34)CCC(=O)N(C)CC(=O)N2C1. The summed E-state index contributed by atoms with van der Waals surface area (Å²) in [5.41, 5.74) is 1.63. The van der Waals surface area contributed by atoms with E-state index in [-0.39, 0.29) is 68.0 Å². The number of benzene rings is 3. The van der Waals surface area contributed by atoms with Gasteiger partial charge in [0, 0.05) is 45.0 Å². The van der Waals surface area contributed by atoms with E-state index >= 15 is 0 Å². The summed E-state index contributed by atoms with van der Waals surface area (Å²) in [7, 11) is 3.17. The highest BCUT2D eigenvalue weighted by Crippen LogP contribution is 2.28. The maximum absolute atomic E-state index is 14.0. The summed E-state index contributed by atoms with van der Waals surface area (Å²) in [6.07, 6.45) is 0.782. The highest BCUT2D eigenvalue weighted by atomic mass is 16.5. The fraction of sp³-hybridized carbons (Fsp3) is 0.410. The molecule has 0 spiro atoms. The van der Waals surface area contributed by atoms with Crippen molar-refractivity contribution in [3.8, 4) is 5.75 Å². The Morgan fingerprint density at radius 3 is 2.46 bits per heavy atom. The monoisotopic (exact) mass is 678 g/mol. The van der Waals surface area contributed by atoms with Crippen molar-refractivity contribution in [3.63, 3.8) is 0 Å². The van der Waals surface area contributed by atoms with Crippen molar-refractivity contribution in [1.29, 1.82) is 0 Å². The zero-order chi connectivity index (χ0) is 35.4. The van der Waals surface area contributed by atoms with Gasteiger partial charge in [-0.05, 0) is 54.4 Å². The van der Waals surface area contributed by atoms with Gasteiger partial charge in [-0.25, -0.2) is 4.98 Å². The number of amides is 4. The summed E-state index contributed by atoms with van der Waals surface area (Å²) in [5.74, 6) is -0.751. The van der Waals surface area contributed by atoms with Gasteiger partial charge in [0.05, 0.1) is 12.6 Å². The van der Waals surface area contributed by atoms with E-state index in [2.05, 4.69) is 24.1 Å². The van der Waals surface area contributed by atoms with Gasteiger partial charge in [0.2, 0.25) is 17.7 Å². The number of pyridine rings is 1. The molecule has 50 heavy (non-hydrogen) atoms. The van der Waals surface area contributed by atoms with Gasteiger partial charge in [-0.3, -0.25) is 24.1 Å². The number of fused-ring (bicyclic) bond motifs is 3. The van der Waals surface area contributed by atoms with Gasteiger partial charge in [0.1, 0.15) is 29.6 Å². The molecule has 0 radical (unpaired) electrons. The molecule has 2 bridgehead atoms. The summed E-state index contributed by atoms with van der Waals surface area (Å²) in [6, 6.07) is 21.9. The molecule has 1 saturated heterocycles. The number of likely N-dealkylation sites (N-methyl/N-ethyl adjacent to an activating group) is 3. The molecular formula is C39H46N6O5. The molecule has 0 saturated carbocycles. The number of carbonyl (C=O) groups is 4. The minimum atomic E-state index is -0.969. The van der Waals surface area contributed by atoms with Crippen LogP contribution in [-0.4, -0.2) is 113 Å². The predicted octanol–water partition coefficient (Wildman–Crippen LogP) is 4.09. The molecule has 2 aliphatic rings. The second kappa shape index (κ2) is 15.2. The Labute approximate surface area is 293 Å². The van der Waals surface area contributed by atoms with Crippen LogP contribution in [0, 0.1) is 0 Å². The van der Waals surface area contributed by atoms with Crippen LogP contribution in [-0.2, 0) is 20.9 Å². The average molecular weight is 679 g/mol. The summed E-state index contributed by atoms with van der Waals surface area (Å²) in [6.45, 7) is 6.92. The molecule has 3 atom stereocenters. The second-order valence-corrected chi connectivity index (χ2v) is 13.2. The first-order valence-corrected chi connectivity index (χ1v) is 17.5. The fourth-order valence-corrected chi connectivity index (χ4v) is 7.30. The van der Waals surface area contributed by atoms with Crippen molar-refractivity contribution >= 4 is 45.3 Å². The highest BCUT2D eigenvalue weighted by Gasteiger charge is 2.38. The third-order valence-corrected chi connectivity index (χ3v) is 10.2. The largest absolute Gasteiger partial charge is 0.489 e. The van der Waals surface area contributed by atoms with E-state index in [1.165, 1.54) is 9.80 Å². The number of ether oxygens (including phenoxy) is 1. The van der Waals surface area contributed by atoms with Crippen LogP contribution in [0.15, 0.2) is 72.8 Å². The van der Waals surface area contributed by atoms with Crippen LogP contribution in [0.25, 0.3) is 21.7 Å². The zero-order valence-corrected chi connectivity index (χ0v) is 29.3. The van der Waals surface area contributed by atoms with Crippen LogP contribution < -0.4 is 10.1 Å². The number of aromatic nitrogens is 1. The molecule has 262 valence electrons.